The minimum absolute atomic E-state index is 0.366. The third-order valence-corrected chi connectivity index (χ3v) is 3.82. The van der Waals surface area contributed by atoms with Crippen molar-refractivity contribution in [3.8, 4) is 16.9 Å². The quantitative estimate of drug-likeness (QED) is 0.658. The predicted molar refractivity (Wildman–Crippen MR) is 92.2 cm³/mol. The first kappa shape index (κ1) is 14.6. The van der Waals surface area contributed by atoms with Crippen molar-refractivity contribution in [2.24, 2.45) is 0 Å². The zero-order chi connectivity index (χ0) is 15.5. The average molecular weight is 289 g/mol. The minimum Gasteiger partial charge on any atom is -0.303 e. The summed E-state index contributed by atoms with van der Waals surface area (Å²) in [6.45, 7) is 8.29. The Morgan fingerprint density at radius 2 is 1.68 bits per heavy atom. The van der Waals surface area contributed by atoms with Crippen molar-refractivity contribution in [2.45, 2.75) is 26.2 Å². The predicted octanol–water partition coefficient (Wildman–Crippen LogP) is 5.04. The lowest BCUT2D eigenvalue weighted by atomic mass is 10.1. The van der Waals surface area contributed by atoms with Gasteiger partial charge in [0, 0.05) is 23.4 Å². The van der Waals surface area contributed by atoms with Gasteiger partial charge in [-0.05, 0) is 31.0 Å². The van der Waals surface area contributed by atoms with Crippen molar-refractivity contribution in [2.75, 3.05) is 0 Å². The number of hydrogen-bond donors (Lipinski definition) is 0. The van der Waals surface area contributed by atoms with Crippen LogP contribution in [0.15, 0.2) is 60.8 Å². The van der Waals surface area contributed by atoms with Crippen LogP contribution in [0.5, 0.6) is 0 Å². The fourth-order valence-corrected chi connectivity index (χ4v) is 2.58. The van der Waals surface area contributed by atoms with Crippen molar-refractivity contribution in [3.63, 3.8) is 0 Å². The van der Waals surface area contributed by atoms with Gasteiger partial charge in [0.25, 0.3) is 0 Å². The van der Waals surface area contributed by atoms with Gasteiger partial charge in [0.2, 0.25) is 0 Å². The zero-order valence-electron chi connectivity index (χ0n) is 13.2. The summed E-state index contributed by atoms with van der Waals surface area (Å²) in [5, 5.41) is 0. The average Bonchev–Trinajstić information content (AvgIpc) is 3.01. The van der Waals surface area contributed by atoms with E-state index in [4.69, 9.17) is 4.98 Å². The molecule has 0 amide bonds. The normalized spacial score (nSPS) is 11.1. The fraction of sp³-hybridized carbons (Fsp3) is 0.200. The van der Waals surface area contributed by atoms with Gasteiger partial charge in [-0.3, -0.25) is 0 Å². The molecule has 0 spiro atoms. The summed E-state index contributed by atoms with van der Waals surface area (Å²) in [4.78, 5) is 4.85. The summed E-state index contributed by atoms with van der Waals surface area (Å²) in [6.07, 6.45) is 2.94. The molecule has 0 unspecified atom stereocenters. The van der Waals surface area contributed by atoms with Gasteiger partial charge >= 0.3 is 0 Å². The van der Waals surface area contributed by atoms with Gasteiger partial charge in [-0.15, -0.1) is 0 Å². The minimum atomic E-state index is 0.366. The van der Waals surface area contributed by atoms with Crippen LogP contribution < -0.4 is 0 Å². The maximum Gasteiger partial charge on any atom is 0.116 e. The summed E-state index contributed by atoms with van der Waals surface area (Å²) < 4.78 is 2.19. The van der Waals surface area contributed by atoms with Crippen LogP contribution in [0.4, 0.5) is 0 Å². The summed E-state index contributed by atoms with van der Waals surface area (Å²) >= 11 is 0. The summed E-state index contributed by atoms with van der Waals surface area (Å²) in [7, 11) is 0. The zero-order valence-corrected chi connectivity index (χ0v) is 13.2. The number of aromatic nitrogens is 2. The standard InChI is InChI=1S/C20H21N2/c1-4-16-10-12-18(13-11-16)22-14-19(21-20(22)15(2)3)17-8-6-5-7-9-17/h5-15H,1,4H2,2-3H3. The van der Waals surface area contributed by atoms with E-state index >= 15 is 0 Å². The smallest absolute Gasteiger partial charge is 0.116 e. The van der Waals surface area contributed by atoms with E-state index in [2.05, 4.69) is 67.9 Å². The van der Waals surface area contributed by atoms with Gasteiger partial charge in [0.05, 0.1) is 5.69 Å². The van der Waals surface area contributed by atoms with Crippen LogP contribution in [0, 0.1) is 6.92 Å². The molecule has 0 bridgehead atoms. The van der Waals surface area contributed by atoms with Crippen molar-refractivity contribution >= 4 is 0 Å². The fourth-order valence-electron chi connectivity index (χ4n) is 2.58. The summed E-state index contributed by atoms with van der Waals surface area (Å²) in [5.74, 6) is 1.45. The number of nitrogens with zero attached hydrogens (tertiary/aromatic N) is 2. The SMILES string of the molecule is [CH2]Cc1ccc(-n2cc(-c3ccccc3)nc2C(C)C)cc1. The van der Waals surface area contributed by atoms with Crippen molar-refractivity contribution in [1.82, 2.24) is 9.55 Å². The monoisotopic (exact) mass is 289 g/mol. The van der Waals surface area contributed by atoms with Crippen LogP contribution >= 0.6 is 0 Å². The molecule has 22 heavy (non-hydrogen) atoms. The van der Waals surface area contributed by atoms with Gasteiger partial charge in [0.15, 0.2) is 0 Å². The van der Waals surface area contributed by atoms with Gasteiger partial charge < -0.3 is 4.57 Å². The lowest BCUT2D eigenvalue weighted by molar-refractivity contribution is 0.752. The first-order chi connectivity index (χ1) is 10.7. The van der Waals surface area contributed by atoms with Crippen LogP contribution in [0.1, 0.15) is 31.2 Å². The Morgan fingerprint density at radius 1 is 1.00 bits per heavy atom. The van der Waals surface area contributed by atoms with Crippen LogP contribution in [0.25, 0.3) is 16.9 Å². The number of benzene rings is 2. The van der Waals surface area contributed by atoms with E-state index in [9.17, 15) is 0 Å². The van der Waals surface area contributed by atoms with Crippen molar-refractivity contribution in [1.29, 1.82) is 0 Å². The first-order valence-corrected chi connectivity index (χ1v) is 7.72. The molecule has 2 heteroatoms. The first-order valence-electron chi connectivity index (χ1n) is 7.72. The van der Waals surface area contributed by atoms with E-state index in [1.54, 1.807) is 0 Å². The molecule has 0 saturated heterocycles. The van der Waals surface area contributed by atoms with Crippen LogP contribution in [-0.2, 0) is 6.42 Å². The molecule has 1 radical (unpaired) electrons. The highest BCUT2D eigenvalue weighted by Crippen LogP contribution is 2.25. The Labute approximate surface area is 132 Å². The van der Waals surface area contributed by atoms with Gasteiger partial charge in [0.1, 0.15) is 5.82 Å². The summed E-state index contributed by atoms with van der Waals surface area (Å²) in [6, 6.07) is 18.9. The molecule has 111 valence electrons. The van der Waals surface area contributed by atoms with Crippen LogP contribution in [-0.4, -0.2) is 9.55 Å². The van der Waals surface area contributed by atoms with Gasteiger partial charge in [-0.2, -0.15) is 0 Å². The molecule has 0 saturated carbocycles. The lowest BCUT2D eigenvalue weighted by Gasteiger charge is -2.10. The van der Waals surface area contributed by atoms with Crippen molar-refractivity contribution in [3.05, 3.63) is 79.1 Å². The van der Waals surface area contributed by atoms with E-state index < -0.39 is 0 Å². The number of imidazole rings is 1. The van der Waals surface area contributed by atoms with E-state index in [1.807, 2.05) is 18.2 Å². The highest BCUT2D eigenvalue weighted by atomic mass is 15.1. The Kier molecular flexibility index (Phi) is 4.10. The van der Waals surface area contributed by atoms with Gasteiger partial charge in [-0.25, -0.2) is 4.98 Å². The molecule has 2 nitrogen and oxygen atoms in total. The maximum absolute atomic E-state index is 4.85. The molecule has 0 aliphatic heterocycles. The molecular formula is C20H21N2. The number of hydrogen-bond acceptors (Lipinski definition) is 1. The maximum atomic E-state index is 4.85. The Balaban J connectivity index is 2.07. The molecule has 0 fully saturated rings. The van der Waals surface area contributed by atoms with E-state index in [0.717, 1.165) is 29.2 Å². The molecule has 3 aromatic rings. The second-order valence-electron chi connectivity index (χ2n) is 5.79. The van der Waals surface area contributed by atoms with Gasteiger partial charge in [-0.1, -0.05) is 56.3 Å². The Hall–Kier alpha value is -2.35. The third kappa shape index (κ3) is 2.82. The number of rotatable bonds is 4. The molecule has 2 aromatic carbocycles. The van der Waals surface area contributed by atoms with Crippen LogP contribution in [0.2, 0.25) is 0 Å². The molecule has 3 rings (SSSR count). The molecule has 0 aliphatic rings. The molecule has 0 atom stereocenters. The van der Waals surface area contributed by atoms with E-state index in [1.165, 1.54) is 5.56 Å². The Bertz CT molecular complexity index is 737. The van der Waals surface area contributed by atoms with Crippen molar-refractivity contribution < 1.29 is 0 Å². The summed E-state index contributed by atoms with van der Waals surface area (Å²) in [5.41, 5.74) is 4.57. The van der Waals surface area contributed by atoms with Crippen LogP contribution in [0.3, 0.4) is 0 Å². The third-order valence-electron chi connectivity index (χ3n) is 3.82. The van der Waals surface area contributed by atoms with E-state index in [-0.39, 0.29) is 0 Å². The molecule has 1 aromatic heterocycles. The highest BCUT2D eigenvalue weighted by Gasteiger charge is 2.13. The second kappa shape index (κ2) is 6.18. The second-order valence-corrected chi connectivity index (χ2v) is 5.79. The molecule has 0 aliphatic carbocycles. The van der Waals surface area contributed by atoms with E-state index in [0.29, 0.717) is 5.92 Å². The largest absolute Gasteiger partial charge is 0.303 e. The Morgan fingerprint density at radius 3 is 2.27 bits per heavy atom. The molecule has 0 N–H and O–H groups in total. The molecule has 1 heterocycles. The topological polar surface area (TPSA) is 17.8 Å². The highest BCUT2D eigenvalue weighted by molar-refractivity contribution is 5.59. The molecular weight excluding hydrogens is 268 g/mol. The lowest BCUT2D eigenvalue weighted by Crippen LogP contribution is -2.02.